The summed E-state index contributed by atoms with van der Waals surface area (Å²) in [5.74, 6) is 1.09. The van der Waals surface area contributed by atoms with Crippen LogP contribution in [-0.4, -0.2) is 43.6 Å². The summed E-state index contributed by atoms with van der Waals surface area (Å²) in [5, 5.41) is 0.616. The monoisotopic (exact) mass is 675 g/mol. The number of thioether (sulfide) groups is 1. The van der Waals surface area contributed by atoms with Crippen LogP contribution in [0.1, 0.15) is 48.5 Å². The Labute approximate surface area is 281 Å². The molecule has 0 fully saturated rings. The van der Waals surface area contributed by atoms with Gasteiger partial charge in [0.1, 0.15) is 11.6 Å². The van der Waals surface area contributed by atoms with Crippen molar-refractivity contribution >= 4 is 11.8 Å². The van der Waals surface area contributed by atoms with Crippen molar-refractivity contribution in [3.05, 3.63) is 123 Å². The third-order valence-electron chi connectivity index (χ3n) is 8.98. The summed E-state index contributed by atoms with van der Waals surface area (Å²) < 4.78 is 57.1. The second-order valence-electron chi connectivity index (χ2n) is 11.9. The van der Waals surface area contributed by atoms with Crippen molar-refractivity contribution in [3.8, 4) is 22.4 Å². The second kappa shape index (κ2) is 14.5. The predicted molar refractivity (Wildman–Crippen MR) is 181 cm³/mol. The third-order valence-corrected chi connectivity index (χ3v) is 10.0. The maximum Gasteiger partial charge on any atom is 0.416 e. The van der Waals surface area contributed by atoms with Crippen molar-refractivity contribution in [2.75, 3.05) is 19.6 Å². The van der Waals surface area contributed by atoms with Crippen molar-refractivity contribution in [3.63, 3.8) is 0 Å². The van der Waals surface area contributed by atoms with Crippen LogP contribution in [0.4, 0.5) is 17.6 Å². The molecule has 0 atom stereocenters. The number of aromatic nitrogens is 4. The molecule has 2 heterocycles. The minimum absolute atomic E-state index is 0.181. The first-order chi connectivity index (χ1) is 23.1. The lowest BCUT2D eigenvalue weighted by molar-refractivity contribution is -0.137. The molecule has 0 amide bonds. The van der Waals surface area contributed by atoms with Gasteiger partial charge < -0.3 is 14.0 Å². The molecule has 250 valence electrons. The molecule has 3 aromatic carbocycles. The number of rotatable bonds is 12. The van der Waals surface area contributed by atoms with Crippen molar-refractivity contribution < 1.29 is 17.6 Å². The zero-order valence-electron chi connectivity index (χ0n) is 26.9. The number of hydrogen-bond acceptors (Lipinski definition) is 5. The van der Waals surface area contributed by atoms with Crippen LogP contribution in [0.5, 0.6) is 0 Å². The highest BCUT2D eigenvalue weighted by atomic mass is 32.2. The lowest BCUT2D eigenvalue weighted by Crippen LogP contribution is -2.28. The quantitative estimate of drug-likeness (QED) is 0.0760. The van der Waals surface area contributed by atoms with Crippen molar-refractivity contribution in [2.24, 2.45) is 0 Å². The van der Waals surface area contributed by atoms with E-state index in [0.717, 1.165) is 84.1 Å². The molecule has 0 spiro atoms. The van der Waals surface area contributed by atoms with Crippen molar-refractivity contribution in [1.29, 1.82) is 0 Å². The number of hydrogen-bond donors (Lipinski definition) is 0. The Morgan fingerprint density at radius 3 is 2.15 bits per heavy atom. The summed E-state index contributed by atoms with van der Waals surface area (Å²) in [7, 11) is 0. The van der Waals surface area contributed by atoms with Gasteiger partial charge in [0, 0.05) is 30.1 Å². The van der Waals surface area contributed by atoms with Gasteiger partial charge in [0.25, 0.3) is 5.56 Å². The van der Waals surface area contributed by atoms with Crippen LogP contribution < -0.4 is 5.56 Å². The fourth-order valence-electron chi connectivity index (χ4n) is 6.22. The standard InChI is InChI=1S/C37H37F4N5OS/c1-3-44(4-2)20-21-45-33(28-12-10-26(11-13-28)27-14-16-29(17-15-27)37(39,40)41)22-42-34(45)23-46-32-7-5-6-31(32)35(47)43-36(46)48-24-25-8-18-30(38)19-9-25/h8-19,22H,3-7,20-21,23-24H2,1-2H3. The molecular formula is C37H37F4N5OS. The molecule has 0 aliphatic heterocycles. The summed E-state index contributed by atoms with van der Waals surface area (Å²) >= 11 is 1.46. The highest BCUT2D eigenvalue weighted by Gasteiger charge is 2.30. The van der Waals surface area contributed by atoms with Gasteiger partial charge in [-0.15, -0.1) is 0 Å². The van der Waals surface area contributed by atoms with Crippen LogP contribution in [0.15, 0.2) is 88.9 Å². The molecule has 0 saturated heterocycles. The average molecular weight is 676 g/mol. The summed E-state index contributed by atoms with van der Waals surface area (Å²) in [6, 6.07) is 19.3. The van der Waals surface area contributed by atoms with Crippen LogP contribution in [-0.2, 0) is 37.9 Å². The van der Waals surface area contributed by atoms with Gasteiger partial charge in [0.15, 0.2) is 5.16 Å². The Morgan fingerprint density at radius 2 is 1.50 bits per heavy atom. The molecule has 5 aromatic rings. The fraction of sp³-hybridized carbons (Fsp3) is 0.324. The number of imidazole rings is 1. The SMILES string of the molecule is CCN(CC)CCn1c(-c2ccc(-c3ccc(C(F)(F)F)cc3)cc2)cnc1Cn1c(SCc2ccc(F)cc2)nc(=O)c2c1CCC2. The van der Waals surface area contributed by atoms with Gasteiger partial charge in [-0.05, 0) is 78.9 Å². The maximum absolute atomic E-state index is 13.5. The first-order valence-electron chi connectivity index (χ1n) is 16.2. The van der Waals surface area contributed by atoms with E-state index < -0.39 is 11.7 Å². The highest BCUT2D eigenvalue weighted by molar-refractivity contribution is 7.98. The number of fused-ring (bicyclic) bond motifs is 1. The van der Waals surface area contributed by atoms with E-state index in [1.165, 1.54) is 36.0 Å². The Hall–Kier alpha value is -4.22. The largest absolute Gasteiger partial charge is 0.416 e. The van der Waals surface area contributed by atoms with Gasteiger partial charge in [-0.1, -0.05) is 74.1 Å². The molecule has 11 heteroatoms. The zero-order chi connectivity index (χ0) is 33.8. The highest BCUT2D eigenvalue weighted by Crippen LogP contribution is 2.33. The summed E-state index contributed by atoms with van der Waals surface area (Å²) in [6.07, 6.45) is -0.124. The molecule has 1 aliphatic carbocycles. The molecule has 0 N–H and O–H groups in total. The number of benzene rings is 3. The van der Waals surface area contributed by atoms with Gasteiger partial charge in [-0.2, -0.15) is 18.2 Å². The molecule has 48 heavy (non-hydrogen) atoms. The molecule has 6 rings (SSSR count). The molecule has 1 aliphatic rings. The molecule has 0 saturated carbocycles. The molecular weight excluding hydrogens is 638 g/mol. The van der Waals surface area contributed by atoms with E-state index in [9.17, 15) is 22.4 Å². The Balaban J connectivity index is 1.33. The molecule has 0 unspecified atom stereocenters. The van der Waals surface area contributed by atoms with Gasteiger partial charge >= 0.3 is 6.18 Å². The smallest absolute Gasteiger partial charge is 0.325 e. The maximum atomic E-state index is 13.5. The van der Waals surface area contributed by atoms with Gasteiger partial charge in [0.2, 0.25) is 0 Å². The molecule has 6 nitrogen and oxygen atoms in total. The van der Waals surface area contributed by atoms with E-state index in [2.05, 4.69) is 32.9 Å². The van der Waals surface area contributed by atoms with E-state index in [1.807, 2.05) is 30.5 Å². The van der Waals surface area contributed by atoms with E-state index in [1.54, 1.807) is 12.1 Å². The lowest BCUT2D eigenvalue weighted by atomic mass is 10.0. The first kappa shape index (κ1) is 33.7. The topological polar surface area (TPSA) is 56.0 Å². The Morgan fingerprint density at radius 1 is 0.854 bits per heavy atom. The number of likely N-dealkylation sites (N-methyl/N-ethyl adjacent to an activating group) is 1. The first-order valence-corrected chi connectivity index (χ1v) is 17.2. The van der Waals surface area contributed by atoms with E-state index in [4.69, 9.17) is 4.98 Å². The van der Waals surface area contributed by atoms with Gasteiger partial charge in [-0.25, -0.2) is 9.37 Å². The second-order valence-corrected chi connectivity index (χ2v) is 12.8. The minimum Gasteiger partial charge on any atom is -0.325 e. The van der Waals surface area contributed by atoms with E-state index in [0.29, 0.717) is 36.0 Å². The molecule has 0 radical (unpaired) electrons. The van der Waals surface area contributed by atoms with Crippen molar-refractivity contribution in [2.45, 2.75) is 63.3 Å². The average Bonchev–Trinajstić information content (AvgIpc) is 3.74. The zero-order valence-corrected chi connectivity index (χ0v) is 27.8. The summed E-state index contributed by atoms with van der Waals surface area (Å²) in [4.78, 5) is 24.8. The fourth-order valence-corrected chi connectivity index (χ4v) is 7.18. The van der Waals surface area contributed by atoms with Crippen molar-refractivity contribution in [1.82, 2.24) is 24.0 Å². The minimum atomic E-state index is -4.38. The van der Waals surface area contributed by atoms with Crippen LogP contribution in [0.2, 0.25) is 0 Å². The third kappa shape index (κ3) is 7.42. The number of halogens is 4. The van der Waals surface area contributed by atoms with Gasteiger partial charge in [0.05, 0.1) is 24.0 Å². The number of nitrogens with zero attached hydrogens (tertiary/aromatic N) is 5. The normalized spacial score (nSPS) is 13.0. The summed E-state index contributed by atoms with van der Waals surface area (Å²) in [6.45, 7) is 8.06. The van der Waals surface area contributed by atoms with E-state index >= 15 is 0 Å². The molecule has 2 aromatic heterocycles. The van der Waals surface area contributed by atoms with Gasteiger partial charge in [-0.3, -0.25) is 4.79 Å². The molecule has 0 bridgehead atoms. The predicted octanol–water partition coefficient (Wildman–Crippen LogP) is 8.10. The van der Waals surface area contributed by atoms with Crippen LogP contribution in [0, 0.1) is 5.82 Å². The van der Waals surface area contributed by atoms with Crippen LogP contribution in [0.25, 0.3) is 22.4 Å². The summed E-state index contributed by atoms with van der Waals surface area (Å²) in [5.41, 5.74) is 5.24. The Kier molecular flexibility index (Phi) is 10.2. The van der Waals surface area contributed by atoms with Crippen LogP contribution >= 0.6 is 11.8 Å². The number of alkyl halides is 3. The lowest BCUT2D eigenvalue weighted by Gasteiger charge is -2.22. The van der Waals surface area contributed by atoms with E-state index in [-0.39, 0.29) is 11.4 Å². The van der Waals surface area contributed by atoms with Crippen LogP contribution in [0.3, 0.4) is 0 Å². The Bertz CT molecular complexity index is 1910.